The minimum atomic E-state index is -3.60. The Labute approximate surface area is 170 Å². The van der Waals surface area contributed by atoms with Crippen molar-refractivity contribution in [3.05, 3.63) is 42.5 Å². The summed E-state index contributed by atoms with van der Waals surface area (Å²) in [7, 11) is -0.584. The van der Waals surface area contributed by atoms with Crippen LogP contribution in [0, 0.1) is 0 Å². The summed E-state index contributed by atoms with van der Waals surface area (Å²) in [5, 5.41) is 2.66. The third-order valence-corrected chi connectivity index (χ3v) is 6.47. The zero-order valence-corrected chi connectivity index (χ0v) is 17.2. The van der Waals surface area contributed by atoms with Crippen LogP contribution in [0.25, 0.3) is 0 Å². The molecule has 3 rings (SSSR count). The van der Waals surface area contributed by atoms with Crippen molar-refractivity contribution in [1.82, 2.24) is 4.31 Å². The Morgan fingerprint density at radius 3 is 2.28 bits per heavy atom. The van der Waals surface area contributed by atoms with Gasteiger partial charge in [-0.05, 0) is 55.3 Å². The van der Waals surface area contributed by atoms with E-state index in [-0.39, 0.29) is 17.2 Å². The molecule has 2 aromatic carbocycles. The number of ether oxygens (including phenoxy) is 3. The number of benzene rings is 2. The van der Waals surface area contributed by atoms with Gasteiger partial charge in [0.2, 0.25) is 10.0 Å². The highest BCUT2D eigenvalue weighted by molar-refractivity contribution is 7.89. The molecule has 9 heteroatoms. The van der Waals surface area contributed by atoms with E-state index in [0.29, 0.717) is 30.3 Å². The molecule has 1 N–H and O–H groups in total. The molecule has 2 aromatic rings. The normalized spacial score (nSPS) is 14.4. The van der Waals surface area contributed by atoms with Crippen LogP contribution >= 0.6 is 0 Å². The maximum atomic E-state index is 12.8. The second-order valence-electron chi connectivity index (χ2n) is 6.49. The van der Waals surface area contributed by atoms with Gasteiger partial charge in [0.25, 0.3) is 5.91 Å². The first-order valence-corrected chi connectivity index (χ1v) is 10.6. The third-order valence-electron chi connectivity index (χ3n) is 4.58. The summed E-state index contributed by atoms with van der Waals surface area (Å²) in [5.74, 6) is 1.12. The lowest BCUT2D eigenvalue weighted by molar-refractivity contribution is -0.118. The van der Waals surface area contributed by atoms with Crippen molar-refractivity contribution in [3.63, 3.8) is 0 Å². The van der Waals surface area contributed by atoms with Gasteiger partial charge < -0.3 is 19.5 Å². The van der Waals surface area contributed by atoms with Crippen LogP contribution in [-0.4, -0.2) is 52.5 Å². The van der Waals surface area contributed by atoms with Gasteiger partial charge in [0.15, 0.2) is 6.61 Å². The molecule has 0 bridgehead atoms. The van der Waals surface area contributed by atoms with Gasteiger partial charge >= 0.3 is 0 Å². The molecule has 156 valence electrons. The third kappa shape index (κ3) is 4.99. The fourth-order valence-electron chi connectivity index (χ4n) is 3.03. The number of hydrogen-bond acceptors (Lipinski definition) is 6. The number of hydrogen-bond donors (Lipinski definition) is 1. The van der Waals surface area contributed by atoms with Crippen LogP contribution in [0.15, 0.2) is 47.4 Å². The first kappa shape index (κ1) is 20.9. The number of nitrogens with zero attached hydrogens (tertiary/aromatic N) is 1. The number of carbonyl (C=O) groups excluding carboxylic acids is 1. The molecule has 29 heavy (non-hydrogen) atoms. The van der Waals surface area contributed by atoms with Crippen molar-refractivity contribution in [3.8, 4) is 17.2 Å². The monoisotopic (exact) mass is 420 g/mol. The molecule has 1 heterocycles. The van der Waals surface area contributed by atoms with Crippen molar-refractivity contribution in [2.45, 2.75) is 17.7 Å². The average molecular weight is 420 g/mol. The Bertz CT molecular complexity index is 953. The van der Waals surface area contributed by atoms with E-state index in [1.165, 1.54) is 29.6 Å². The number of rotatable bonds is 8. The molecule has 0 saturated carbocycles. The molecular weight excluding hydrogens is 396 g/mol. The zero-order chi connectivity index (χ0) is 20.9. The molecule has 0 spiro atoms. The second kappa shape index (κ2) is 9.15. The molecule has 1 amide bonds. The molecule has 1 aliphatic heterocycles. The highest BCUT2D eigenvalue weighted by Crippen LogP contribution is 2.30. The van der Waals surface area contributed by atoms with E-state index < -0.39 is 15.9 Å². The molecule has 1 fully saturated rings. The van der Waals surface area contributed by atoms with Crippen LogP contribution in [0.3, 0.4) is 0 Å². The summed E-state index contributed by atoms with van der Waals surface area (Å²) in [5.41, 5.74) is 0.274. The van der Waals surface area contributed by atoms with E-state index in [0.717, 1.165) is 12.8 Å². The first-order chi connectivity index (χ1) is 13.9. The molecule has 8 nitrogen and oxygen atoms in total. The number of anilines is 1. The van der Waals surface area contributed by atoms with Gasteiger partial charge in [-0.25, -0.2) is 8.42 Å². The summed E-state index contributed by atoms with van der Waals surface area (Å²) in [6.07, 6.45) is 1.70. The maximum absolute atomic E-state index is 12.8. The average Bonchev–Trinajstić information content (AvgIpc) is 3.28. The summed E-state index contributed by atoms with van der Waals surface area (Å²) < 4.78 is 42.8. The fourth-order valence-corrected chi connectivity index (χ4v) is 4.57. The minimum Gasteiger partial charge on any atom is -0.497 e. The van der Waals surface area contributed by atoms with Gasteiger partial charge in [0.05, 0.1) is 24.8 Å². The predicted molar refractivity (Wildman–Crippen MR) is 108 cm³/mol. The Hall–Kier alpha value is -2.78. The molecule has 1 aliphatic rings. The lowest BCUT2D eigenvalue weighted by atomic mass is 10.3. The lowest BCUT2D eigenvalue weighted by Crippen LogP contribution is -2.28. The highest BCUT2D eigenvalue weighted by atomic mass is 32.2. The van der Waals surface area contributed by atoms with Gasteiger partial charge in [-0.15, -0.1) is 0 Å². The molecule has 0 atom stereocenters. The van der Waals surface area contributed by atoms with Crippen molar-refractivity contribution in [2.75, 3.05) is 39.2 Å². The molecule has 0 aliphatic carbocycles. The predicted octanol–water partition coefficient (Wildman–Crippen LogP) is 2.51. The Morgan fingerprint density at radius 1 is 1.00 bits per heavy atom. The van der Waals surface area contributed by atoms with Gasteiger partial charge in [-0.3, -0.25) is 4.79 Å². The van der Waals surface area contributed by atoms with Crippen molar-refractivity contribution < 1.29 is 27.4 Å². The van der Waals surface area contributed by atoms with Crippen LogP contribution in [0.5, 0.6) is 17.2 Å². The maximum Gasteiger partial charge on any atom is 0.262 e. The Kier molecular flexibility index (Phi) is 6.60. The Morgan fingerprint density at radius 2 is 1.66 bits per heavy atom. The molecule has 0 aromatic heterocycles. The summed E-state index contributed by atoms with van der Waals surface area (Å²) in [6.45, 7) is 0.774. The van der Waals surface area contributed by atoms with Gasteiger partial charge in [0, 0.05) is 13.1 Å². The smallest absolute Gasteiger partial charge is 0.262 e. The van der Waals surface area contributed by atoms with E-state index >= 15 is 0 Å². The number of sulfonamides is 1. The summed E-state index contributed by atoms with van der Waals surface area (Å²) in [4.78, 5) is 12.4. The number of methoxy groups -OCH3 is 2. The van der Waals surface area contributed by atoms with Crippen LogP contribution in [0.1, 0.15) is 12.8 Å². The molecule has 1 saturated heterocycles. The first-order valence-electron chi connectivity index (χ1n) is 9.19. The van der Waals surface area contributed by atoms with Crippen molar-refractivity contribution in [2.24, 2.45) is 0 Å². The van der Waals surface area contributed by atoms with Crippen molar-refractivity contribution >= 4 is 21.6 Å². The molecule has 0 radical (unpaired) electrons. The van der Waals surface area contributed by atoms with E-state index in [9.17, 15) is 13.2 Å². The quantitative estimate of drug-likeness (QED) is 0.705. The minimum absolute atomic E-state index is 0.117. The van der Waals surface area contributed by atoms with E-state index in [1.807, 2.05) is 0 Å². The van der Waals surface area contributed by atoms with Crippen LogP contribution in [0.4, 0.5) is 5.69 Å². The van der Waals surface area contributed by atoms with Crippen LogP contribution < -0.4 is 19.5 Å². The standard InChI is InChI=1S/C20H24N2O6S/c1-26-15-5-7-16(8-6-15)28-14-20(23)21-18-13-17(9-10-19(18)27-2)29(24,25)22-11-3-4-12-22/h5-10,13H,3-4,11-12,14H2,1-2H3,(H,21,23). The number of amides is 1. The van der Waals surface area contributed by atoms with Crippen molar-refractivity contribution in [1.29, 1.82) is 0 Å². The van der Waals surface area contributed by atoms with Crippen LogP contribution in [-0.2, 0) is 14.8 Å². The Balaban J connectivity index is 1.70. The zero-order valence-electron chi connectivity index (χ0n) is 16.4. The topological polar surface area (TPSA) is 94.2 Å². The number of carbonyl (C=O) groups is 1. The second-order valence-corrected chi connectivity index (χ2v) is 8.42. The summed E-state index contributed by atoms with van der Waals surface area (Å²) >= 11 is 0. The molecular formula is C20H24N2O6S. The van der Waals surface area contributed by atoms with E-state index in [1.54, 1.807) is 31.4 Å². The highest BCUT2D eigenvalue weighted by Gasteiger charge is 2.28. The van der Waals surface area contributed by atoms with Crippen LogP contribution in [0.2, 0.25) is 0 Å². The van der Waals surface area contributed by atoms with Gasteiger partial charge in [-0.2, -0.15) is 4.31 Å². The van der Waals surface area contributed by atoms with Gasteiger partial charge in [0.1, 0.15) is 17.2 Å². The molecule has 0 unspecified atom stereocenters. The SMILES string of the molecule is COc1ccc(OCC(=O)Nc2cc(S(=O)(=O)N3CCCC3)ccc2OC)cc1. The van der Waals surface area contributed by atoms with E-state index in [2.05, 4.69) is 5.32 Å². The number of nitrogens with one attached hydrogen (secondary N) is 1. The van der Waals surface area contributed by atoms with Gasteiger partial charge in [-0.1, -0.05) is 0 Å². The largest absolute Gasteiger partial charge is 0.497 e. The van der Waals surface area contributed by atoms with E-state index in [4.69, 9.17) is 14.2 Å². The lowest BCUT2D eigenvalue weighted by Gasteiger charge is -2.17. The fraction of sp³-hybridized carbons (Fsp3) is 0.350. The summed E-state index contributed by atoms with van der Waals surface area (Å²) in [6, 6.07) is 11.3.